The molecule has 0 spiro atoms. The maximum absolute atomic E-state index is 12.9. The van der Waals surface area contributed by atoms with Gasteiger partial charge in [-0.05, 0) is 74.6 Å². The molecule has 1 aliphatic carbocycles. The number of nitrogens with one attached hydrogen (secondary N) is 1. The van der Waals surface area contributed by atoms with Gasteiger partial charge >= 0.3 is 5.97 Å². The number of rotatable bonds is 5. The molecule has 2 aromatic carbocycles. The van der Waals surface area contributed by atoms with Gasteiger partial charge < -0.3 is 10.1 Å². The van der Waals surface area contributed by atoms with E-state index in [4.69, 9.17) is 4.74 Å². The summed E-state index contributed by atoms with van der Waals surface area (Å²) >= 11 is 0. The summed E-state index contributed by atoms with van der Waals surface area (Å²) in [5.74, 6) is -0.0502. The predicted molar refractivity (Wildman–Crippen MR) is 115 cm³/mol. The van der Waals surface area contributed by atoms with Gasteiger partial charge in [-0.2, -0.15) is 0 Å². The van der Waals surface area contributed by atoms with Crippen molar-refractivity contribution in [2.45, 2.75) is 64.3 Å². The van der Waals surface area contributed by atoms with Crippen molar-refractivity contribution in [3.05, 3.63) is 70.3 Å². The van der Waals surface area contributed by atoms with Gasteiger partial charge in [-0.25, -0.2) is 4.79 Å². The fourth-order valence-corrected chi connectivity index (χ4v) is 4.71. The smallest absolute Gasteiger partial charge is 0.331 e. The highest BCUT2D eigenvalue weighted by molar-refractivity contribution is 5.89. The molecule has 4 heteroatoms. The average molecular weight is 394 g/mol. The Hall–Kier alpha value is -2.62. The van der Waals surface area contributed by atoms with Crippen LogP contribution in [0, 0.1) is 20.8 Å². The van der Waals surface area contributed by atoms with E-state index in [0.29, 0.717) is 18.8 Å². The number of benzene rings is 2. The second kappa shape index (κ2) is 8.81. The molecule has 0 atom stereocenters. The topological polar surface area (TPSA) is 55.4 Å². The normalized spacial score (nSPS) is 21.4. The Morgan fingerprint density at radius 2 is 1.62 bits per heavy atom. The van der Waals surface area contributed by atoms with Crippen molar-refractivity contribution in [2.75, 3.05) is 7.11 Å². The number of ether oxygens (including phenoxy) is 1. The van der Waals surface area contributed by atoms with Crippen molar-refractivity contribution in [2.24, 2.45) is 0 Å². The number of amides is 1. The number of carbonyl (C=O) groups is 2. The molecule has 1 fully saturated rings. The highest BCUT2D eigenvalue weighted by Crippen LogP contribution is 2.38. The van der Waals surface area contributed by atoms with Gasteiger partial charge in [-0.15, -0.1) is 0 Å². The van der Waals surface area contributed by atoms with E-state index in [1.165, 1.54) is 18.2 Å². The van der Waals surface area contributed by atoms with E-state index in [9.17, 15) is 9.59 Å². The number of hydrogen-bond donors (Lipinski definition) is 1. The van der Waals surface area contributed by atoms with Gasteiger partial charge in [0, 0.05) is 0 Å². The molecule has 154 valence electrons. The minimum Gasteiger partial charge on any atom is -0.467 e. The Kier molecular flexibility index (Phi) is 6.41. The van der Waals surface area contributed by atoms with Crippen molar-refractivity contribution in [3.63, 3.8) is 0 Å². The van der Waals surface area contributed by atoms with E-state index in [1.54, 1.807) is 0 Å². The standard InChI is InChI=1S/C25H31NO3/c1-17-14-18(2)22(19(3)15-17)16-23(27)26-25(24(28)29-4)12-10-21(11-13-25)20-8-6-5-7-9-20/h5-9,14-15,21H,10-13,16H2,1-4H3,(H,26,27). The fraction of sp³-hybridized carbons (Fsp3) is 0.440. The molecule has 0 heterocycles. The summed E-state index contributed by atoms with van der Waals surface area (Å²) < 4.78 is 5.09. The Morgan fingerprint density at radius 3 is 2.17 bits per heavy atom. The summed E-state index contributed by atoms with van der Waals surface area (Å²) in [4.78, 5) is 25.6. The minimum atomic E-state index is -0.927. The van der Waals surface area contributed by atoms with Crippen molar-refractivity contribution < 1.29 is 14.3 Å². The molecule has 1 saturated carbocycles. The van der Waals surface area contributed by atoms with Gasteiger partial charge in [0.05, 0.1) is 13.5 Å². The summed E-state index contributed by atoms with van der Waals surface area (Å²) in [5, 5.41) is 3.06. The Labute approximate surface area is 173 Å². The van der Waals surface area contributed by atoms with Crippen LogP contribution < -0.4 is 5.32 Å². The van der Waals surface area contributed by atoms with Gasteiger partial charge in [0.1, 0.15) is 5.54 Å². The fourth-order valence-electron chi connectivity index (χ4n) is 4.71. The second-order valence-electron chi connectivity index (χ2n) is 8.36. The van der Waals surface area contributed by atoms with Crippen LogP contribution in [0.1, 0.15) is 59.4 Å². The van der Waals surface area contributed by atoms with E-state index >= 15 is 0 Å². The number of carbonyl (C=O) groups excluding carboxylic acids is 2. The molecular weight excluding hydrogens is 362 g/mol. The van der Waals surface area contributed by atoms with Crippen LogP contribution in [-0.4, -0.2) is 24.5 Å². The molecule has 0 bridgehead atoms. The lowest BCUT2D eigenvalue weighted by Crippen LogP contribution is -2.57. The van der Waals surface area contributed by atoms with E-state index in [2.05, 4.69) is 36.5 Å². The summed E-state index contributed by atoms with van der Waals surface area (Å²) in [6, 6.07) is 14.6. The van der Waals surface area contributed by atoms with E-state index in [-0.39, 0.29) is 18.3 Å². The Bertz CT molecular complexity index is 857. The third-order valence-electron chi connectivity index (χ3n) is 6.24. The lowest BCUT2D eigenvalue weighted by Gasteiger charge is -2.38. The predicted octanol–water partition coefficient (Wildman–Crippen LogP) is 4.54. The zero-order chi connectivity index (χ0) is 21.0. The number of esters is 1. The first-order valence-electron chi connectivity index (χ1n) is 10.4. The van der Waals surface area contributed by atoms with Gasteiger partial charge in [0.25, 0.3) is 0 Å². The lowest BCUT2D eigenvalue weighted by atomic mass is 9.74. The quantitative estimate of drug-likeness (QED) is 0.759. The summed E-state index contributed by atoms with van der Waals surface area (Å²) in [7, 11) is 1.40. The molecule has 29 heavy (non-hydrogen) atoms. The average Bonchev–Trinajstić information content (AvgIpc) is 2.71. The molecule has 4 nitrogen and oxygen atoms in total. The third-order valence-corrected chi connectivity index (χ3v) is 6.24. The first kappa shape index (κ1) is 21.1. The zero-order valence-electron chi connectivity index (χ0n) is 17.9. The maximum Gasteiger partial charge on any atom is 0.331 e. The molecule has 3 rings (SSSR count). The summed E-state index contributed by atoms with van der Waals surface area (Å²) in [6.07, 6.45) is 3.16. The van der Waals surface area contributed by atoms with Gasteiger partial charge in [0.2, 0.25) is 5.91 Å². The van der Waals surface area contributed by atoms with Gasteiger partial charge in [-0.3, -0.25) is 4.79 Å². The Morgan fingerprint density at radius 1 is 1.03 bits per heavy atom. The van der Waals surface area contributed by atoms with Gasteiger partial charge in [-0.1, -0.05) is 48.0 Å². The maximum atomic E-state index is 12.9. The van der Waals surface area contributed by atoms with Crippen molar-refractivity contribution in [3.8, 4) is 0 Å². The molecule has 0 unspecified atom stereocenters. The zero-order valence-corrected chi connectivity index (χ0v) is 17.9. The summed E-state index contributed by atoms with van der Waals surface area (Å²) in [6.45, 7) is 6.12. The highest BCUT2D eigenvalue weighted by Gasteiger charge is 2.44. The van der Waals surface area contributed by atoms with Crippen molar-refractivity contribution in [1.29, 1.82) is 0 Å². The van der Waals surface area contributed by atoms with E-state index in [1.807, 2.05) is 32.0 Å². The molecule has 1 aliphatic rings. The van der Waals surface area contributed by atoms with E-state index < -0.39 is 5.54 Å². The number of aryl methyl sites for hydroxylation is 3. The first-order valence-corrected chi connectivity index (χ1v) is 10.4. The number of hydrogen-bond acceptors (Lipinski definition) is 3. The highest BCUT2D eigenvalue weighted by atomic mass is 16.5. The first-order chi connectivity index (χ1) is 13.8. The molecule has 0 radical (unpaired) electrons. The van der Waals surface area contributed by atoms with Crippen molar-refractivity contribution in [1.82, 2.24) is 5.32 Å². The molecule has 1 amide bonds. The van der Waals surface area contributed by atoms with Crippen LogP contribution in [0.2, 0.25) is 0 Å². The molecule has 0 saturated heterocycles. The van der Waals surface area contributed by atoms with Crippen LogP contribution in [0.25, 0.3) is 0 Å². The van der Waals surface area contributed by atoms with Gasteiger partial charge in [0.15, 0.2) is 0 Å². The van der Waals surface area contributed by atoms with Crippen LogP contribution >= 0.6 is 0 Å². The minimum absolute atomic E-state index is 0.122. The van der Waals surface area contributed by atoms with E-state index in [0.717, 1.165) is 29.5 Å². The van der Waals surface area contributed by atoms with Crippen molar-refractivity contribution >= 4 is 11.9 Å². The largest absolute Gasteiger partial charge is 0.467 e. The van der Waals surface area contributed by atoms with Crippen LogP contribution in [0.3, 0.4) is 0 Å². The SMILES string of the molecule is COC(=O)C1(NC(=O)Cc2c(C)cc(C)cc2C)CCC(c2ccccc2)CC1. The number of methoxy groups -OCH3 is 1. The monoisotopic (exact) mass is 393 g/mol. The molecule has 1 N–H and O–H groups in total. The molecular formula is C25H31NO3. The lowest BCUT2D eigenvalue weighted by molar-refractivity contribution is -0.152. The summed E-state index contributed by atoms with van der Waals surface area (Å²) in [5.41, 5.74) is 4.81. The van der Waals surface area contributed by atoms with Crippen LogP contribution in [0.15, 0.2) is 42.5 Å². The third kappa shape index (κ3) is 4.69. The molecule has 0 aromatic heterocycles. The van der Waals surface area contributed by atoms with Crippen LogP contribution in [0.4, 0.5) is 0 Å². The second-order valence-corrected chi connectivity index (χ2v) is 8.36. The van der Waals surface area contributed by atoms with Crippen LogP contribution in [-0.2, 0) is 20.7 Å². The van der Waals surface area contributed by atoms with Crippen LogP contribution in [0.5, 0.6) is 0 Å². The molecule has 0 aliphatic heterocycles. The molecule has 2 aromatic rings. The Balaban J connectivity index is 1.73.